The Morgan fingerprint density at radius 2 is 1.68 bits per heavy atom. The van der Waals surface area contributed by atoms with Crippen LogP contribution >= 0.6 is 23.2 Å². The minimum absolute atomic E-state index is 0.119. The summed E-state index contributed by atoms with van der Waals surface area (Å²) < 4.78 is 10.4. The van der Waals surface area contributed by atoms with Crippen LogP contribution in [0.4, 0.5) is 10.5 Å². The van der Waals surface area contributed by atoms with E-state index in [1.54, 1.807) is 30.3 Å². The number of benzene rings is 2. The first kappa shape index (κ1) is 19.7. The number of nitrogens with one attached hydrogen (secondary N) is 1. The summed E-state index contributed by atoms with van der Waals surface area (Å²) in [6, 6.07) is 8.46. The van der Waals surface area contributed by atoms with E-state index in [0.29, 0.717) is 5.75 Å². The summed E-state index contributed by atoms with van der Waals surface area (Å²) in [6.07, 6.45) is 1.24. The molecule has 0 aliphatic carbocycles. The van der Waals surface area contributed by atoms with Gasteiger partial charge in [0.2, 0.25) is 0 Å². The molecule has 0 radical (unpaired) electrons. The Balaban J connectivity index is 2.13. The van der Waals surface area contributed by atoms with E-state index in [4.69, 9.17) is 32.7 Å². The first-order chi connectivity index (χ1) is 13.4. The van der Waals surface area contributed by atoms with Gasteiger partial charge in [0.05, 0.1) is 19.9 Å². The van der Waals surface area contributed by atoms with E-state index in [9.17, 15) is 14.4 Å². The van der Waals surface area contributed by atoms with Crippen LogP contribution < -0.4 is 19.7 Å². The second kappa shape index (κ2) is 7.92. The number of hydrogen-bond donors (Lipinski definition) is 1. The van der Waals surface area contributed by atoms with Gasteiger partial charge in [-0.15, -0.1) is 0 Å². The smallest absolute Gasteiger partial charge is 0.336 e. The number of anilines is 1. The normalized spacial score (nSPS) is 15.6. The Morgan fingerprint density at radius 3 is 2.29 bits per heavy atom. The summed E-state index contributed by atoms with van der Waals surface area (Å²) in [5.74, 6) is -1.07. The van der Waals surface area contributed by atoms with E-state index >= 15 is 0 Å². The molecule has 9 heteroatoms. The lowest BCUT2D eigenvalue weighted by Gasteiger charge is -2.27. The van der Waals surface area contributed by atoms with E-state index in [2.05, 4.69) is 5.32 Å². The van der Waals surface area contributed by atoms with Crippen molar-refractivity contribution in [1.82, 2.24) is 5.32 Å². The molecule has 1 saturated heterocycles. The van der Waals surface area contributed by atoms with E-state index in [-0.39, 0.29) is 32.6 Å². The largest absolute Gasteiger partial charge is 0.497 e. The van der Waals surface area contributed by atoms with Crippen LogP contribution in [0.1, 0.15) is 5.56 Å². The number of amides is 4. The Bertz CT molecular complexity index is 999. The fourth-order valence-corrected chi connectivity index (χ4v) is 3.15. The lowest BCUT2D eigenvalue weighted by atomic mass is 10.1. The monoisotopic (exact) mass is 420 g/mol. The summed E-state index contributed by atoms with van der Waals surface area (Å²) in [5, 5.41) is 2.64. The molecule has 0 spiro atoms. The molecule has 0 unspecified atom stereocenters. The van der Waals surface area contributed by atoms with Crippen LogP contribution in [-0.4, -0.2) is 32.1 Å². The SMILES string of the molecule is COc1ccc(OC)c(N2C(=O)NC(=O)/C(=C\c3c(Cl)cccc3Cl)C2=O)c1. The summed E-state index contributed by atoms with van der Waals surface area (Å²) in [5.41, 5.74) is 0.101. The van der Waals surface area contributed by atoms with E-state index < -0.39 is 17.8 Å². The molecule has 144 valence electrons. The number of hydrogen-bond acceptors (Lipinski definition) is 5. The average molecular weight is 421 g/mol. The van der Waals surface area contributed by atoms with Gasteiger partial charge in [-0.1, -0.05) is 29.3 Å². The van der Waals surface area contributed by atoms with Gasteiger partial charge >= 0.3 is 6.03 Å². The van der Waals surface area contributed by atoms with Gasteiger partial charge in [0.1, 0.15) is 17.1 Å². The number of carbonyl (C=O) groups excluding carboxylic acids is 3. The molecule has 0 aromatic heterocycles. The fourth-order valence-electron chi connectivity index (χ4n) is 2.64. The quantitative estimate of drug-likeness (QED) is 0.602. The number of methoxy groups -OCH3 is 2. The number of imide groups is 2. The zero-order chi connectivity index (χ0) is 20.4. The zero-order valence-corrected chi connectivity index (χ0v) is 16.3. The summed E-state index contributed by atoms with van der Waals surface area (Å²) in [6.45, 7) is 0. The first-order valence-electron chi connectivity index (χ1n) is 7.95. The van der Waals surface area contributed by atoms with Crippen molar-refractivity contribution in [3.05, 3.63) is 57.6 Å². The molecule has 4 amide bonds. The van der Waals surface area contributed by atoms with E-state index in [1.165, 1.54) is 26.4 Å². The number of rotatable bonds is 4. The van der Waals surface area contributed by atoms with E-state index in [1.807, 2.05) is 0 Å². The highest BCUT2D eigenvalue weighted by Crippen LogP contribution is 2.35. The highest BCUT2D eigenvalue weighted by molar-refractivity contribution is 6.41. The maximum Gasteiger partial charge on any atom is 0.336 e. The second-order valence-electron chi connectivity index (χ2n) is 5.63. The van der Waals surface area contributed by atoms with Crippen LogP contribution in [0, 0.1) is 0 Å². The number of urea groups is 1. The zero-order valence-electron chi connectivity index (χ0n) is 14.8. The summed E-state index contributed by atoms with van der Waals surface area (Å²) in [4.78, 5) is 38.5. The van der Waals surface area contributed by atoms with Gasteiger partial charge in [-0.05, 0) is 30.3 Å². The molecule has 1 aliphatic rings. The van der Waals surface area contributed by atoms with Crippen LogP contribution in [0.3, 0.4) is 0 Å². The van der Waals surface area contributed by atoms with Gasteiger partial charge in [0, 0.05) is 21.7 Å². The van der Waals surface area contributed by atoms with Crippen LogP contribution in [0.2, 0.25) is 10.0 Å². The molecule has 0 saturated carbocycles. The molecule has 3 rings (SSSR count). The van der Waals surface area contributed by atoms with Crippen molar-refractivity contribution in [1.29, 1.82) is 0 Å². The number of barbiturate groups is 1. The van der Waals surface area contributed by atoms with Crippen molar-refractivity contribution < 1.29 is 23.9 Å². The highest BCUT2D eigenvalue weighted by Gasteiger charge is 2.38. The van der Waals surface area contributed by atoms with Crippen LogP contribution in [0.15, 0.2) is 42.0 Å². The predicted octanol–water partition coefficient (Wildman–Crippen LogP) is 3.68. The number of carbonyl (C=O) groups is 3. The van der Waals surface area contributed by atoms with E-state index in [0.717, 1.165) is 4.90 Å². The topological polar surface area (TPSA) is 84.9 Å². The van der Waals surface area contributed by atoms with Gasteiger partial charge in [-0.2, -0.15) is 0 Å². The molecule has 2 aromatic carbocycles. The Hall–Kier alpha value is -3.03. The molecule has 28 heavy (non-hydrogen) atoms. The Labute approximate surface area is 170 Å². The molecule has 7 nitrogen and oxygen atoms in total. The standard InChI is InChI=1S/C19H14Cl2N2O5/c1-27-10-6-7-16(28-2)15(8-10)23-18(25)12(17(24)22-19(23)26)9-11-13(20)4-3-5-14(11)21/h3-9H,1-2H3,(H,22,24,26)/b12-9+. The fraction of sp³-hybridized carbons (Fsp3) is 0.105. The number of nitrogens with zero attached hydrogens (tertiary/aromatic N) is 1. The summed E-state index contributed by atoms with van der Waals surface area (Å²) in [7, 11) is 2.83. The van der Waals surface area contributed by atoms with Gasteiger partial charge in [-0.25, -0.2) is 9.69 Å². The third kappa shape index (κ3) is 3.54. The maximum atomic E-state index is 13.0. The lowest BCUT2D eigenvalue weighted by molar-refractivity contribution is -0.122. The number of halogens is 2. The Kier molecular flexibility index (Phi) is 5.58. The Morgan fingerprint density at radius 1 is 1.00 bits per heavy atom. The van der Waals surface area contributed by atoms with Gasteiger partial charge < -0.3 is 9.47 Å². The van der Waals surface area contributed by atoms with Crippen LogP contribution in [0.25, 0.3) is 6.08 Å². The number of ether oxygens (including phenoxy) is 2. The molecule has 0 bridgehead atoms. The lowest BCUT2D eigenvalue weighted by Crippen LogP contribution is -2.54. The molecule has 1 fully saturated rings. The van der Waals surface area contributed by atoms with Crippen molar-refractivity contribution in [3.63, 3.8) is 0 Å². The van der Waals surface area contributed by atoms with Crippen molar-refractivity contribution in [2.45, 2.75) is 0 Å². The van der Waals surface area contributed by atoms with Gasteiger partial charge in [0.15, 0.2) is 0 Å². The second-order valence-corrected chi connectivity index (χ2v) is 6.45. The summed E-state index contributed by atoms with van der Waals surface area (Å²) >= 11 is 12.2. The molecule has 1 aliphatic heterocycles. The third-order valence-corrected chi connectivity index (χ3v) is 4.68. The third-order valence-electron chi connectivity index (χ3n) is 4.02. The highest BCUT2D eigenvalue weighted by atomic mass is 35.5. The van der Waals surface area contributed by atoms with Gasteiger partial charge in [-0.3, -0.25) is 14.9 Å². The van der Waals surface area contributed by atoms with Crippen molar-refractivity contribution in [2.75, 3.05) is 19.1 Å². The molecule has 2 aromatic rings. The van der Waals surface area contributed by atoms with Crippen molar-refractivity contribution in [2.24, 2.45) is 0 Å². The van der Waals surface area contributed by atoms with Crippen LogP contribution in [0.5, 0.6) is 11.5 Å². The first-order valence-corrected chi connectivity index (χ1v) is 8.70. The predicted molar refractivity (Wildman–Crippen MR) is 105 cm³/mol. The van der Waals surface area contributed by atoms with Crippen LogP contribution in [-0.2, 0) is 9.59 Å². The minimum Gasteiger partial charge on any atom is -0.497 e. The maximum absolute atomic E-state index is 13.0. The average Bonchev–Trinajstić information content (AvgIpc) is 2.66. The van der Waals surface area contributed by atoms with Crippen molar-refractivity contribution >= 4 is 52.8 Å². The van der Waals surface area contributed by atoms with Gasteiger partial charge in [0.25, 0.3) is 11.8 Å². The molecule has 0 atom stereocenters. The van der Waals surface area contributed by atoms with Crippen molar-refractivity contribution in [3.8, 4) is 11.5 Å². The molecular weight excluding hydrogens is 407 g/mol. The minimum atomic E-state index is -0.913. The molecule has 1 N–H and O–H groups in total. The molecular formula is C19H14Cl2N2O5. The molecule has 1 heterocycles.